The lowest BCUT2D eigenvalue weighted by Crippen LogP contribution is -2.04. The van der Waals surface area contributed by atoms with E-state index in [1.54, 1.807) is 0 Å². The lowest BCUT2D eigenvalue weighted by atomic mass is 10.0. The van der Waals surface area contributed by atoms with E-state index < -0.39 is 0 Å². The SMILES string of the molecule is c1ccc2c(c1)ccc1c2c2cc(-n3c4ccccc4c4ccccc43)ccc2n1-c1nc2ccccc2nc1-c1cccc2c1sc1ccccc12. The maximum Gasteiger partial charge on any atom is 0.165 e. The van der Waals surface area contributed by atoms with Gasteiger partial charge in [0.25, 0.3) is 0 Å². The first-order valence-corrected chi connectivity index (χ1v) is 18.7. The molecule has 0 amide bonds. The van der Waals surface area contributed by atoms with E-state index in [4.69, 9.17) is 9.97 Å². The molecule has 0 N–H and O–H groups in total. The molecule has 5 heteroatoms. The van der Waals surface area contributed by atoms with Gasteiger partial charge in [-0.15, -0.1) is 11.3 Å². The molecule has 12 rings (SSSR count). The Labute approximate surface area is 307 Å². The molecule has 4 nitrogen and oxygen atoms in total. The molecule has 0 aliphatic rings. The van der Waals surface area contributed by atoms with Crippen molar-refractivity contribution in [3.05, 3.63) is 170 Å². The monoisotopic (exact) mass is 692 g/mol. The van der Waals surface area contributed by atoms with Gasteiger partial charge in [0, 0.05) is 53.0 Å². The molecule has 4 aromatic heterocycles. The van der Waals surface area contributed by atoms with Crippen molar-refractivity contribution in [2.24, 2.45) is 0 Å². The van der Waals surface area contributed by atoms with Crippen LogP contribution in [-0.4, -0.2) is 19.1 Å². The Bertz CT molecular complexity index is 3420. The third-order valence-electron chi connectivity index (χ3n) is 10.9. The number of aromatic nitrogens is 4. The molecular formula is C48H28N4S. The molecule has 0 unspecified atom stereocenters. The van der Waals surface area contributed by atoms with Crippen LogP contribution >= 0.6 is 11.3 Å². The highest BCUT2D eigenvalue weighted by Gasteiger charge is 2.23. The van der Waals surface area contributed by atoms with Gasteiger partial charge in [0.05, 0.1) is 33.1 Å². The summed E-state index contributed by atoms with van der Waals surface area (Å²) in [5.41, 5.74) is 9.43. The van der Waals surface area contributed by atoms with Crippen LogP contribution in [0.3, 0.4) is 0 Å². The predicted octanol–water partition coefficient (Wildman–Crippen LogP) is 13.0. The van der Waals surface area contributed by atoms with Gasteiger partial charge in [0.2, 0.25) is 0 Å². The lowest BCUT2D eigenvalue weighted by molar-refractivity contribution is 1.08. The molecule has 0 saturated carbocycles. The van der Waals surface area contributed by atoms with Gasteiger partial charge in [-0.3, -0.25) is 4.57 Å². The Kier molecular flexibility index (Phi) is 5.90. The molecule has 0 atom stereocenters. The summed E-state index contributed by atoms with van der Waals surface area (Å²) in [4.78, 5) is 10.9. The summed E-state index contributed by atoms with van der Waals surface area (Å²) >= 11 is 1.83. The lowest BCUT2D eigenvalue weighted by Gasteiger charge is -2.15. The van der Waals surface area contributed by atoms with E-state index in [9.17, 15) is 0 Å². The standard InChI is InChI=1S/C48H28N4S/c1-2-13-31-29(12-1)24-26-43-45(31)37-28-30(51-40-21-8-3-14-32(40)33-15-4-9-22-41(33)51)25-27-42(37)52(43)48-46(49-38-19-6-7-20-39(38)50-48)36-18-11-17-35-34-16-5-10-23-44(34)53-47(35)36/h1-28H. The fourth-order valence-corrected chi connectivity index (χ4v) is 9.82. The minimum Gasteiger partial charge on any atom is -0.309 e. The third-order valence-corrected chi connectivity index (χ3v) is 12.1. The number of rotatable bonds is 3. The van der Waals surface area contributed by atoms with Gasteiger partial charge in [-0.05, 0) is 65.4 Å². The third kappa shape index (κ3) is 4.05. The van der Waals surface area contributed by atoms with Crippen molar-refractivity contribution in [2.75, 3.05) is 0 Å². The maximum atomic E-state index is 5.49. The van der Waals surface area contributed by atoms with Crippen molar-refractivity contribution in [3.63, 3.8) is 0 Å². The molecule has 53 heavy (non-hydrogen) atoms. The van der Waals surface area contributed by atoms with Crippen molar-refractivity contribution in [1.29, 1.82) is 0 Å². The van der Waals surface area contributed by atoms with E-state index in [1.807, 2.05) is 23.5 Å². The van der Waals surface area contributed by atoms with Crippen molar-refractivity contribution >= 4 is 96.9 Å². The molecule has 246 valence electrons. The maximum absolute atomic E-state index is 5.49. The first kappa shape index (κ1) is 28.8. The summed E-state index contributed by atoms with van der Waals surface area (Å²) < 4.78 is 7.25. The molecular weight excluding hydrogens is 665 g/mol. The van der Waals surface area contributed by atoms with Gasteiger partial charge < -0.3 is 4.57 Å². The molecule has 4 heterocycles. The molecule has 8 aromatic carbocycles. The molecule has 0 radical (unpaired) electrons. The fraction of sp³-hybridized carbons (Fsp3) is 0. The van der Waals surface area contributed by atoms with Crippen LogP contribution in [0.25, 0.3) is 108 Å². The molecule has 0 saturated heterocycles. The van der Waals surface area contributed by atoms with E-state index in [1.165, 1.54) is 63.5 Å². The number of hydrogen-bond acceptors (Lipinski definition) is 3. The first-order valence-electron chi connectivity index (χ1n) is 17.9. The van der Waals surface area contributed by atoms with Crippen LogP contribution in [0.4, 0.5) is 0 Å². The van der Waals surface area contributed by atoms with Crippen LogP contribution < -0.4 is 0 Å². The van der Waals surface area contributed by atoms with Gasteiger partial charge in [-0.1, -0.05) is 115 Å². The van der Waals surface area contributed by atoms with E-state index in [2.05, 4.69) is 167 Å². The highest BCUT2D eigenvalue weighted by atomic mass is 32.1. The Morgan fingerprint density at radius 2 is 1.04 bits per heavy atom. The van der Waals surface area contributed by atoms with Crippen molar-refractivity contribution < 1.29 is 0 Å². The smallest absolute Gasteiger partial charge is 0.165 e. The van der Waals surface area contributed by atoms with Crippen molar-refractivity contribution in [2.45, 2.75) is 0 Å². The molecule has 0 fully saturated rings. The van der Waals surface area contributed by atoms with Gasteiger partial charge in [-0.2, -0.15) is 0 Å². The molecule has 0 spiro atoms. The van der Waals surface area contributed by atoms with E-state index in [0.717, 1.165) is 44.8 Å². The Hall–Kier alpha value is -6.82. The minimum atomic E-state index is 0.827. The number of nitrogens with zero attached hydrogens (tertiary/aromatic N) is 4. The van der Waals surface area contributed by atoms with Crippen molar-refractivity contribution in [3.8, 4) is 22.8 Å². The molecule has 0 aliphatic heterocycles. The number of hydrogen-bond donors (Lipinski definition) is 0. The zero-order chi connectivity index (χ0) is 34.6. The summed E-state index contributed by atoms with van der Waals surface area (Å²) in [5.74, 6) is 0.827. The highest BCUT2D eigenvalue weighted by Crippen LogP contribution is 2.44. The summed E-state index contributed by atoms with van der Waals surface area (Å²) in [6.07, 6.45) is 0. The predicted molar refractivity (Wildman–Crippen MR) is 224 cm³/mol. The van der Waals surface area contributed by atoms with E-state index in [-0.39, 0.29) is 0 Å². The van der Waals surface area contributed by atoms with Crippen LogP contribution in [0.5, 0.6) is 0 Å². The van der Waals surface area contributed by atoms with Crippen molar-refractivity contribution in [1.82, 2.24) is 19.1 Å². The molecule has 12 aromatic rings. The average Bonchev–Trinajstić information content (AvgIpc) is 3.88. The Morgan fingerprint density at radius 1 is 0.415 bits per heavy atom. The van der Waals surface area contributed by atoms with Gasteiger partial charge in [0.15, 0.2) is 5.82 Å². The second-order valence-electron chi connectivity index (χ2n) is 13.8. The summed E-state index contributed by atoms with van der Waals surface area (Å²) in [7, 11) is 0. The quantitative estimate of drug-likeness (QED) is 0.185. The van der Waals surface area contributed by atoms with Crippen LogP contribution in [0.2, 0.25) is 0 Å². The van der Waals surface area contributed by atoms with E-state index >= 15 is 0 Å². The second kappa shape index (κ2) is 10.8. The van der Waals surface area contributed by atoms with Gasteiger partial charge >= 0.3 is 0 Å². The summed E-state index contributed by atoms with van der Waals surface area (Å²) in [6.45, 7) is 0. The topological polar surface area (TPSA) is 35.6 Å². The van der Waals surface area contributed by atoms with E-state index in [0.29, 0.717) is 0 Å². The minimum absolute atomic E-state index is 0.827. The Balaban J connectivity index is 1.22. The Morgan fingerprint density at radius 3 is 1.85 bits per heavy atom. The first-order chi connectivity index (χ1) is 26.3. The van der Waals surface area contributed by atoms with Crippen LogP contribution in [0, 0.1) is 0 Å². The molecule has 0 bridgehead atoms. The summed E-state index contributed by atoms with van der Waals surface area (Å²) in [6, 6.07) is 61.1. The summed E-state index contributed by atoms with van der Waals surface area (Å²) in [5, 5.41) is 9.83. The van der Waals surface area contributed by atoms with Crippen LogP contribution in [0.15, 0.2) is 170 Å². The van der Waals surface area contributed by atoms with Gasteiger partial charge in [0.1, 0.15) is 5.69 Å². The number of para-hydroxylation sites is 4. The normalized spacial score (nSPS) is 12.2. The molecule has 0 aliphatic carbocycles. The largest absolute Gasteiger partial charge is 0.309 e. The average molecular weight is 693 g/mol. The fourth-order valence-electron chi connectivity index (χ4n) is 8.61. The second-order valence-corrected chi connectivity index (χ2v) is 14.8. The van der Waals surface area contributed by atoms with Crippen LogP contribution in [-0.2, 0) is 0 Å². The van der Waals surface area contributed by atoms with Gasteiger partial charge in [-0.25, -0.2) is 9.97 Å². The highest BCUT2D eigenvalue weighted by molar-refractivity contribution is 7.26. The number of thiophene rings is 1. The zero-order valence-corrected chi connectivity index (χ0v) is 29.2. The number of benzene rings is 8. The van der Waals surface area contributed by atoms with Crippen LogP contribution in [0.1, 0.15) is 0 Å². The number of fused-ring (bicyclic) bond motifs is 12. The zero-order valence-electron chi connectivity index (χ0n) is 28.4.